The quantitative estimate of drug-likeness (QED) is 0.676. The summed E-state index contributed by atoms with van der Waals surface area (Å²) in [6.45, 7) is 7.40. The minimum Gasteiger partial charge on any atom is -0.309 e. The highest BCUT2D eigenvalue weighted by atomic mass is 32.1. The fraction of sp³-hybridized carbons (Fsp3) is 0.500. The topological polar surface area (TPSA) is 23.6 Å². The molecule has 1 saturated heterocycles. The van der Waals surface area contributed by atoms with Gasteiger partial charge >= 0.3 is 0 Å². The molecule has 1 aliphatic rings. The van der Waals surface area contributed by atoms with Crippen LogP contribution in [0.25, 0.3) is 0 Å². The normalized spacial score (nSPS) is 15.9. The highest BCUT2D eigenvalue weighted by molar-refractivity contribution is 7.07. The SMILES string of the molecule is CCCC(=O)N(c1ccc(CC)cc1)C1CCN(Cc2ccsc2)CC1. The molecule has 2 heterocycles. The van der Waals surface area contributed by atoms with E-state index in [1.807, 2.05) is 0 Å². The molecule has 26 heavy (non-hydrogen) atoms. The van der Waals surface area contributed by atoms with Crippen LogP contribution in [0.1, 0.15) is 50.7 Å². The Hall–Kier alpha value is -1.65. The molecular formula is C22H30N2OS. The van der Waals surface area contributed by atoms with Crippen molar-refractivity contribution in [2.24, 2.45) is 0 Å². The molecule has 1 aromatic carbocycles. The van der Waals surface area contributed by atoms with E-state index in [-0.39, 0.29) is 5.91 Å². The van der Waals surface area contributed by atoms with Gasteiger partial charge in [0.1, 0.15) is 0 Å². The first-order valence-electron chi connectivity index (χ1n) is 9.85. The molecule has 4 heteroatoms. The van der Waals surface area contributed by atoms with E-state index in [4.69, 9.17) is 0 Å². The molecule has 1 amide bonds. The predicted octanol–water partition coefficient (Wildman–Crippen LogP) is 5.11. The zero-order valence-electron chi connectivity index (χ0n) is 16.0. The van der Waals surface area contributed by atoms with Crippen LogP contribution in [-0.2, 0) is 17.8 Å². The molecule has 3 rings (SSSR count). The van der Waals surface area contributed by atoms with E-state index < -0.39 is 0 Å². The maximum atomic E-state index is 12.8. The lowest BCUT2D eigenvalue weighted by atomic mass is 10.0. The minimum atomic E-state index is 0.271. The van der Waals surface area contributed by atoms with Gasteiger partial charge in [-0.15, -0.1) is 0 Å². The Morgan fingerprint density at radius 2 is 1.85 bits per heavy atom. The summed E-state index contributed by atoms with van der Waals surface area (Å²) in [4.78, 5) is 17.5. The Labute approximate surface area is 161 Å². The fourth-order valence-electron chi connectivity index (χ4n) is 3.76. The predicted molar refractivity (Wildman–Crippen MR) is 111 cm³/mol. The molecular weight excluding hydrogens is 340 g/mol. The van der Waals surface area contributed by atoms with Gasteiger partial charge < -0.3 is 4.90 Å². The largest absolute Gasteiger partial charge is 0.309 e. The molecule has 0 radical (unpaired) electrons. The van der Waals surface area contributed by atoms with Crippen molar-refractivity contribution < 1.29 is 4.79 Å². The van der Waals surface area contributed by atoms with Gasteiger partial charge in [0.05, 0.1) is 0 Å². The molecule has 1 aliphatic heterocycles. The maximum absolute atomic E-state index is 12.8. The zero-order valence-corrected chi connectivity index (χ0v) is 16.8. The molecule has 1 fully saturated rings. The van der Waals surface area contributed by atoms with Crippen molar-refractivity contribution in [1.29, 1.82) is 0 Å². The molecule has 1 aromatic heterocycles. The Morgan fingerprint density at radius 3 is 2.42 bits per heavy atom. The second-order valence-electron chi connectivity index (χ2n) is 7.17. The van der Waals surface area contributed by atoms with Crippen LogP contribution in [0.3, 0.4) is 0 Å². The highest BCUT2D eigenvalue weighted by Gasteiger charge is 2.28. The summed E-state index contributed by atoms with van der Waals surface area (Å²) in [6, 6.07) is 11.1. The number of likely N-dealkylation sites (tertiary alicyclic amines) is 1. The number of benzene rings is 1. The van der Waals surface area contributed by atoms with Crippen LogP contribution in [0, 0.1) is 0 Å². The van der Waals surface area contributed by atoms with Crippen molar-refractivity contribution in [3.05, 3.63) is 52.2 Å². The lowest BCUT2D eigenvalue weighted by molar-refractivity contribution is -0.119. The molecule has 3 nitrogen and oxygen atoms in total. The van der Waals surface area contributed by atoms with Crippen LogP contribution in [0.15, 0.2) is 41.1 Å². The number of amides is 1. The highest BCUT2D eigenvalue weighted by Crippen LogP contribution is 2.26. The van der Waals surface area contributed by atoms with E-state index in [0.29, 0.717) is 12.5 Å². The van der Waals surface area contributed by atoms with Crippen molar-refractivity contribution in [3.63, 3.8) is 0 Å². The van der Waals surface area contributed by atoms with Gasteiger partial charge in [-0.25, -0.2) is 0 Å². The van der Waals surface area contributed by atoms with Crippen LogP contribution in [-0.4, -0.2) is 29.9 Å². The third kappa shape index (κ3) is 4.74. The van der Waals surface area contributed by atoms with Gasteiger partial charge in [0.15, 0.2) is 0 Å². The Kier molecular flexibility index (Phi) is 6.86. The zero-order chi connectivity index (χ0) is 18.4. The summed E-state index contributed by atoms with van der Waals surface area (Å²) in [7, 11) is 0. The van der Waals surface area contributed by atoms with Gasteiger partial charge in [-0.05, 0) is 65.8 Å². The lowest BCUT2D eigenvalue weighted by Gasteiger charge is -2.38. The third-order valence-corrected chi connectivity index (χ3v) is 6.00. The summed E-state index contributed by atoms with van der Waals surface area (Å²) in [5.74, 6) is 0.271. The molecule has 0 saturated carbocycles. The number of piperidine rings is 1. The van der Waals surface area contributed by atoms with E-state index in [2.05, 4.69) is 64.7 Å². The van der Waals surface area contributed by atoms with Crippen molar-refractivity contribution in [1.82, 2.24) is 4.90 Å². The molecule has 0 unspecified atom stereocenters. The number of hydrogen-bond donors (Lipinski definition) is 0. The third-order valence-electron chi connectivity index (χ3n) is 5.26. The van der Waals surface area contributed by atoms with Crippen LogP contribution < -0.4 is 4.90 Å². The average molecular weight is 371 g/mol. The first kappa shape index (κ1) is 19.1. The number of carbonyl (C=O) groups excluding carboxylic acids is 1. The van der Waals surface area contributed by atoms with E-state index in [1.54, 1.807) is 11.3 Å². The molecule has 140 valence electrons. The van der Waals surface area contributed by atoms with Gasteiger partial charge in [-0.1, -0.05) is 26.0 Å². The van der Waals surface area contributed by atoms with E-state index in [0.717, 1.165) is 51.0 Å². The number of rotatable bonds is 7. The monoisotopic (exact) mass is 370 g/mol. The second kappa shape index (κ2) is 9.33. The van der Waals surface area contributed by atoms with Crippen LogP contribution in [0.2, 0.25) is 0 Å². The molecule has 0 atom stereocenters. The number of anilines is 1. The van der Waals surface area contributed by atoms with E-state index in [9.17, 15) is 4.79 Å². The molecule has 0 spiro atoms. The summed E-state index contributed by atoms with van der Waals surface area (Å²) < 4.78 is 0. The summed E-state index contributed by atoms with van der Waals surface area (Å²) >= 11 is 1.76. The fourth-order valence-corrected chi connectivity index (χ4v) is 4.42. The maximum Gasteiger partial charge on any atom is 0.227 e. The van der Waals surface area contributed by atoms with Crippen molar-refractivity contribution in [2.75, 3.05) is 18.0 Å². The number of thiophene rings is 1. The van der Waals surface area contributed by atoms with E-state index in [1.165, 1.54) is 11.1 Å². The van der Waals surface area contributed by atoms with Crippen molar-refractivity contribution >= 4 is 22.9 Å². The van der Waals surface area contributed by atoms with Crippen LogP contribution in [0.4, 0.5) is 5.69 Å². The Morgan fingerprint density at radius 1 is 1.12 bits per heavy atom. The first-order valence-corrected chi connectivity index (χ1v) is 10.8. The molecule has 0 bridgehead atoms. The standard InChI is InChI=1S/C22H30N2OS/c1-3-5-22(25)24(20-8-6-18(4-2)7-9-20)21-10-13-23(14-11-21)16-19-12-15-26-17-19/h6-9,12,15,17,21H,3-5,10-11,13-14,16H2,1-2H3. The first-order chi connectivity index (χ1) is 12.7. The Balaban J connectivity index is 1.68. The molecule has 0 aliphatic carbocycles. The van der Waals surface area contributed by atoms with E-state index >= 15 is 0 Å². The number of carbonyl (C=O) groups is 1. The summed E-state index contributed by atoms with van der Waals surface area (Å²) in [5, 5.41) is 4.38. The average Bonchev–Trinajstić information content (AvgIpc) is 3.17. The van der Waals surface area contributed by atoms with Gasteiger partial charge in [-0.3, -0.25) is 9.69 Å². The minimum absolute atomic E-state index is 0.271. The second-order valence-corrected chi connectivity index (χ2v) is 7.95. The number of hydrogen-bond acceptors (Lipinski definition) is 3. The summed E-state index contributed by atoms with van der Waals surface area (Å²) in [5.41, 5.74) is 3.79. The van der Waals surface area contributed by atoms with Gasteiger partial charge in [0.2, 0.25) is 5.91 Å². The smallest absolute Gasteiger partial charge is 0.227 e. The molecule has 2 aromatic rings. The van der Waals surface area contributed by atoms with Gasteiger partial charge in [-0.2, -0.15) is 11.3 Å². The van der Waals surface area contributed by atoms with Crippen molar-refractivity contribution in [2.45, 2.75) is 58.5 Å². The molecule has 0 N–H and O–H groups in total. The lowest BCUT2D eigenvalue weighted by Crippen LogP contribution is -2.47. The number of nitrogens with zero attached hydrogens (tertiary/aromatic N) is 2. The van der Waals surface area contributed by atoms with Crippen LogP contribution >= 0.6 is 11.3 Å². The summed E-state index contributed by atoms with van der Waals surface area (Å²) in [6.07, 6.45) is 4.67. The van der Waals surface area contributed by atoms with Crippen LogP contribution in [0.5, 0.6) is 0 Å². The van der Waals surface area contributed by atoms with Gasteiger partial charge in [0.25, 0.3) is 0 Å². The van der Waals surface area contributed by atoms with Gasteiger partial charge in [0, 0.05) is 37.8 Å². The van der Waals surface area contributed by atoms with Crippen molar-refractivity contribution in [3.8, 4) is 0 Å². The number of aryl methyl sites for hydroxylation is 1. The Bertz CT molecular complexity index is 673.